The van der Waals surface area contributed by atoms with E-state index in [1.165, 1.54) is 0 Å². The van der Waals surface area contributed by atoms with Crippen molar-refractivity contribution in [1.82, 2.24) is 11.0 Å². The Bertz CT molecular complexity index is 278. The lowest BCUT2D eigenvalue weighted by atomic mass is 10.1. The minimum atomic E-state index is -0.446. The van der Waals surface area contributed by atoms with Gasteiger partial charge in [-0.1, -0.05) is 38.8 Å². The topological polar surface area (TPSA) is 76.7 Å². The monoisotopic (exact) mass is 286 g/mol. The molecule has 0 aromatic carbocycles. The second kappa shape index (κ2) is 12.6. The third kappa shape index (κ3) is 11.7. The van der Waals surface area contributed by atoms with Crippen LogP contribution in [0.4, 0.5) is 0 Å². The lowest BCUT2D eigenvalue weighted by Crippen LogP contribution is -2.23. The molecule has 20 heavy (non-hydrogen) atoms. The maximum atomic E-state index is 11.4. The predicted molar refractivity (Wildman–Crippen MR) is 76.4 cm³/mol. The van der Waals surface area contributed by atoms with Crippen LogP contribution >= 0.6 is 0 Å². The molecule has 0 saturated carbocycles. The van der Waals surface area contributed by atoms with Crippen molar-refractivity contribution in [2.75, 3.05) is 13.1 Å². The molecule has 0 rings (SSSR count). The van der Waals surface area contributed by atoms with Crippen LogP contribution in [0.25, 0.3) is 0 Å². The highest BCUT2D eigenvalue weighted by atomic mass is 16.7. The smallest absolute Gasteiger partial charge is 0.328 e. The SMILES string of the molecule is C=C(CC(=O)ONCCCC)CC(=O)ONCCCC. The summed E-state index contributed by atoms with van der Waals surface area (Å²) in [6.07, 6.45) is 3.92. The van der Waals surface area contributed by atoms with Crippen LogP contribution in [-0.4, -0.2) is 25.0 Å². The van der Waals surface area contributed by atoms with E-state index < -0.39 is 11.9 Å². The summed E-state index contributed by atoms with van der Waals surface area (Å²) in [7, 11) is 0. The molecular formula is C14H26N2O4. The Morgan fingerprint density at radius 2 is 1.30 bits per heavy atom. The van der Waals surface area contributed by atoms with E-state index >= 15 is 0 Å². The van der Waals surface area contributed by atoms with Gasteiger partial charge in [0.1, 0.15) is 0 Å². The number of hydrogen-bond donors (Lipinski definition) is 2. The van der Waals surface area contributed by atoms with E-state index in [0.29, 0.717) is 18.7 Å². The van der Waals surface area contributed by atoms with Gasteiger partial charge in [-0.25, -0.2) is 0 Å². The standard InChI is InChI=1S/C14H26N2O4/c1-4-6-8-15-19-13(17)10-12(3)11-14(18)20-16-9-7-5-2/h15-16H,3-11H2,1-2H3. The lowest BCUT2D eigenvalue weighted by molar-refractivity contribution is -0.151. The van der Waals surface area contributed by atoms with Crippen LogP contribution in [0.1, 0.15) is 52.4 Å². The molecule has 0 radical (unpaired) electrons. The molecule has 116 valence electrons. The van der Waals surface area contributed by atoms with Crippen LogP contribution < -0.4 is 11.0 Å². The molecule has 0 fully saturated rings. The van der Waals surface area contributed by atoms with Crippen molar-refractivity contribution in [2.45, 2.75) is 52.4 Å². The Balaban J connectivity index is 3.64. The molecule has 0 bridgehead atoms. The van der Waals surface area contributed by atoms with Gasteiger partial charge in [0.2, 0.25) is 0 Å². The van der Waals surface area contributed by atoms with Gasteiger partial charge >= 0.3 is 11.9 Å². The van der Waals surface area contributed by atoms with E-state index in [4.69, 9.17) is 9.68 Å². The van der Waals surface area contributed by atoms with Gasteiger partial charge in [0.15, 0.2) is 0 Å². The third-order valence-corrected chi connectivity index (χ3v) is 2.43. The van der Waals surface area contributed by atoms with E-state index in [2.05, 4.69) is 17.5 Å². The molecule has 0 aliphatic heterocycles. The van der Waals surface area contributed by atoms with Gasteiger partial charge in [0.05, 0.1) is 12.8 Å². The molecule has 0 aliphatic rings. The van der Waals surface area contributed by atoms with Crippen LogP contribution in [0.5, 0.6) is 0 Å². The van der Waals surface area contributed by atoms with E-state index in [-0.39, 0.29) is 12.8 Å². The number of rotatable bonds is 12. The van der Waals surface area contributed by atoms with Crippen LogP contribution in [0.15, 0.2) is 12.2 Å². The van der Waals surface area contributed by atoms with Crippen molar-refractivity contribution >= 4 is 11.9 Å². The average molecular weight is 286 g/mol. The molecule has 0 spiro atoms. The molecule has 6 nitrogen and oxygen atoms in total. The fourth-order valence-electron chi connectivity index (χ4n) is 1.30. The average Bonchev–Trinajstić information content (AvgIpc) is 2.39. The Morgan fingerprint density at radius 3 is 1.65 bits per heavy atom. The summed E-state index contributed by atoms with van der Waals surface area (Å²) >= 11 is 0. The van der Waals surface area contributed by atoms with Crippen molar-refractivity contribution in [3.63, 3.8) is 0 Å². The Labute approximate surface area is 120 Å². The van der Waals surface area contributed by atoms with Gasteiger partial charge in [-0.05, 0) is 12.8 Å². The number of unbranched alkanes of at least 4 members (excludes halogenated alkanes) is 2. The number of carbonyl (C=O) groups is 2. The first-order valence-electron chi connectivity index (χ1n) is 7.11. The van der Waals surface area contributed by atoms with Crippen molar-refractivity contribution in [2.24, 2.45) is 0 Å². The molecular weight excluding hydrogens is 260 g/mol. The normalized spacial score (nSPS) is 10.1. The highest BCUT2D eigenvalue weighted by molar-refractivity contribution is 5.77. The Morgan fingerprint density at radius 1 is 0.900 bits per heavy atom. The molecule has 0 aromatic rings. The van der Waals surface area contributed by atoms with Gasteiger partial charge in [-0.3, -0.25) is 9.59 Å². The fourth-order valence-corrected chi connectivity index (χ4v) is 1.30. The first-order chi connectivity index (χ1) is 9.60. The summed E-state index contributed by atoms with van der Waals surface area (Å²) in [5.41, 5.74) is 5.62. The van der Waals surface area contributed by atoms with Crippen LogP contribution in [0.2, 0.25) is 0 Å². The first-order valence-corrected chi connectivity index (χ1v) is 7.11. The molecule has 0 heterocycles. The van der Waals surface area contributed by atoms with Gasteiger partial charge in [-0.15, -0.1) is 0 Å². The highest BCUT2D eigenvalue weighted by Crippen LogP contribution is 2.06. The molecule has 0 aliphatic carbocycles. The molecule has 6 heteroatoms. The van der Waals surface area contributed by atoms with Crippen molar-refractivity contribution in [3.8, 4) is 0 Å². The first kappa shape index (κ1) is 18.6. The molecule has 0 amide bonds. The highest BCUT2D eigenvalue weighted by Gasteiger charge is 2.11. The molecule has 0 atom stereocenters. The number of nitrogens with one attached hydrogen (secondary N) is 2. The zero-order chi connectivity index (χ0) is 15.2. The third-order valence-electron chi connectivity index (χ3n) is 2.43. The van der Waals surface area contributed by atoms with Crippen LogP contribution in [0.3, 0.4) is 0 Å². The summed E-state index contributed by atoms with van der Waals surface area (Å²) in [5, 5.41) is 0. The quantitative estimate of drug-likeness (QED) is 0.325. The summed E-state index contributed by atoms with van der Waals surface area (Å²) in [6.45, 7) is 9.01. The van der Waals surface area contributed by atoms with Crippen molar-refractivity contribution < 1.29 is 19.3 Å². The van der Waals surface area contributed by atoms with E-state index in [9.17, 15) is 9.59 Å². The maximum absolute atomic E-state index is 11.4. The summed E-state index contributed by atoms with van der Waals surface area (Å²) in [5.74, 6) is -0.893. The molecule has 0 unspecified atom stereocenters. The van der Waals surface area contributed by atoms with E-state index in [0.717, 1.165) is 25.7 Å². The zero-order valence-electron chi connectivity index (χ0n) is 12.5. The van der Waals surface area contributed by atoms with E-state index in [1.807, 2.05) is 13.8 Å². The van der Waals surface area contributed by atoms with Gasteiger partial charge < -0.3 is 9.68 Å². The van der Waals surface area contributed by atoms with Crippen LogP contribution in [-0.2, 0) is 19.3 Å². The number of carbonyl (C=O) groups excluding carboxylic acids is 2. The molecule has 0 saturated heterocycles. The zero-order valence-corrected chi connectivity index (χ0v) is 12.5. The Hall–Kier alpha value is -1.40. The molecule has 2 N–H and O–H groups in total. The second-order valence-electron chi connectivity index (χ2n) is 4.55. The van der Waals surface area contributed by atoms with Crippen molar-refractivity contribution in [3.05, 3.63) is 12.2 Å². The van der Waals surface area contributed by atoms with Crippen LogP contribution in [0, 0.1) is 0 Å². The Kier molecular flexibility index (Phi) is 11.7. The largest absolute Gasteiger partial charge is 0.370 e. The number of hydroxylamine groups is 2. The van der Waals surface area contributed by atoms with Gasteiger partial charge in [-0.2, -0.15) is 11.0 Å². The summed E-state index contributed by atoms with van der Waals surface area (Å²) in [4.78, 5) is 32.4. The lowest BCUT2D eigenvalue weighted by Gasteiger charge is -2.08. The molecule has 0 aromatic heterocycles. The summed E-state index contributed by atoms with van der Waals surface area (Å²) < 4.78 is 0. The van der Waals surface area contributed by atoms with E-state index in [1.54, 1.807) is 0 Å². The fraction of sp³-hybridized carbons (Fsp3) is 0.714. The minimum Gasteiger partial charge on any atom is -0.370 e. The van der Waals surface area contributed by atoms with Crippen molar-refractivity contribution in [1.29, 1.82) is 0 Å². The predicted octanol–water partition coefficient (Wildman–Crippen LogP) is 2.02. The number of hydrogen-bond acceptors (Lipinski definition) is 6. The van der Waals surface area contributed by atoms with Gasteiger partial charge in [0.25, 0.3) is 0 Å². The minimum absolute atomic E-state index is 0.00316. The summed E-state index contributed by atoms with van der Waals surface area (Å²) in [6, 6.07) is 0. The second-order valence-corrected chi connectivity index (χ2v) is 4.55. The van der Waals surface area contributed by atoms with Gasteiger partial charge in [0, 0.05) is 13.1 Å². The maximum Gasteiger partial charge on any atom is 0.328 e.